The first-order valence-electron chi connectivity index (χ1n) is 8.89. The second-order valence-corrected chi connectivity index (χ2v) is 7.78. The van der Waals surface area contributed by atoms with Crippen LogP contribution in [-0.4, -0.2) is 15.6 Å². The average Bonchev–Trinajstić information content (AvgIpc) is 3.36. The maximum Gasteiger partial charge on any atom is 0.281 e. The number of carbonyl (C=O) groups is 1. The molecule has 0 unspecified atom stereocenters. The standard InChI is InChI=1S/C20H17N3O3S/c1-11-21-19-15(5-6-27-19)20(25)23(11)22-18(24)9-14-10-26-17-8-13-4-2-3-12(13)7-16(14)17/h5-8,10H,2-4,9H2,1H3,(H,22,24). The Balaban J connectivity index is 1.45. The Morgan fingerprint density at radius 1 is 1.30 bits per heavy atom. The van der Waals surface area contributed by atoms with Crippen molar-refractivity contribution in [3.63, 3.8) is 0 Å². The van der Waals surface area contributed by atoms with E-state index in [-0.39, 0.29) is 17.9 Å². The molecule has 3 aromatic heterocycles. The summed E-state index contributed by atoms with van der Waals surface area (Å²) in [4.78, 5) is 30.2. The molecule has 136 valence electrons. The molecule has 27 heavy (non-hydrogen) atoms. The van der Waals surface area contributed by atoms with Crippen molar-refractivity contribution < 1.29 is 9.21 Å². The predicted octanol–water partition coefficient (Wildman–Crippen LogP) is 3.31. The molecule has 3 heterocycles. The van der Waals surface area contributed by atoms with Gasteiger partial charge in [-0.3, -0.25) is 15.0 Å². The first-order chi connectivity index (χ1) is 13.1. The van der Waals surface area contributed by atoms with Gasteiger partial charge in [0, 0.05) is 10.9 Å². The number of furan rings is 1. The van der Waals surface area contributed by atoms with Crippen LogP contribution in [0.15, 0.2) is 39.1 Å². The quantitative estimate of drug-likeness (QED) is 0.592. The molecule has 0 spiro atoms. The van der Waals surface area contributed by atoms with Crippen molar-refractivity contribution in [2.45, 2.75) is 32.6 Å². The summed E-state index contributed by atoms with van der Waals surface area (Å²) in [6.07, 6.45) is 5.10. The maximum atomic E-state index is 12.6. The largest absolute Gasteiger partial charge is 0.464 e. The molecule has 1 amide bonds. The Kier molecular flexibility index (Phi) is 3.65. The topological polar surface area (TPSA) is 77.1 Å². The number of aromatic nitrogens is 2. The van der Waals surface area contributed by atoms with Gasteiger partial charge in [-0.25, -0.2) is 9.66 Å². The lowest BCUT2D eigenvalue weighted by molar-refractivity contribution is -0.116. The van der Waals surface area contributed by atoms with Crippen LogP contribution >= 0.6 is 11.3 Å². The van der Waals surface area contributed by atoms with Gasteiger partial charge in [0.1, 0.15) is 16.2 Å². The van der Waals surface area contributed by atoms with E-state index in [1.807, 2.05) is 5.38 Å². The number of fused-ring (bicyclic) bond motifs is 3. The van der Waals surface area contributed by atoms with Crippen molar-refractivity contribution in [3.8, 4) is 0 Å². The molecule has 0 atom stereocenters. The van der Waals surface area contributed by atoms with E-state index in [9.17, 15) is 9.59 Å². The van der Waals surface area contributed by atoms with Gasteiger partial charge in [0.15, 0.2) is 0 Å². The summed E-state index contributed by atoms with van der Waals surface area (Å²) < 4.78 is 6.88. The number of benzene rings is 1. The number of nitrogens with zero attached hydrogens (tertiary/aromatic N) is 2. The molecule has 1 aliphatic carbocycles. The van der Waals surface area contributed by atoms with Crippen molar-refractivity contribution in [2.24, 2.45) is 0 Å². The molecule has 0 saturated heterocycles. The predicted molar refractivity (Wildman–Crippen MR) is 105 cm³/mol. The minimum Gasteiger partial charge on any atom is -0.464 e. The van der Waals surface area contributed by atoms with Crippen LogP contribution in [0.3, 0.4) is 0 Å². The zero-order valence-corrected chi connectivity index (χ0v) is 15.6. The Bertz CT molecular complexity index is 1260. The minimum atomic E-state index is -0.278. The first kappa shape index (κ1) is 16.3. The number of hydrogen-bond donors (Lipinski definition) is 1. The molecular formula is C20H17N3O3S. The lowest BCUT2D eigenvalue weighted by atomic mass is 10.0. The summed E-state index contributed by atoms with van der Waals surface area (Å²) in [6, 6.07) is 5.95. The molecule has 1 aliphatic rings. The van der Waals surface area contributed by atoms with Gasteiger partial charge < -0.3 is 4.42 Å². The Morgan fingerprint density at radius 2 is 2.11 bits per heavy atom. The van der Waals surface area contributed by atoms with E-state index >= 15 is 0 Å². The zero-order chi connectivity index (χ0) is 18.5. The van der Waals surface area contributed by atoms with Gasteiger partial charge in [0.2, 0.25) is 5.91 Å². The second-order valence-electron chi connectivity index (χ2n) is 6.88. The molecule has 6 nitrogen and oxygen atoms in total. The number of amides is 1. The van der Waals surface area contributed by atoms with Crippen LogP contribution in [0, 0.1) is 6.92 Å². The molecule has 1 N–H and O–H groups in total. The fraction of sp³-hybridized carbons (Fsp3) is 0.250. The smallest absolute Gasteiger partial charge is 0.281 e. The van der Waals surface area contributed by atoms with Crippen molar-refractivity contribution in [1.82, 2.24) is 9.66 Å². The normalized spacial score (nSPS) is 13.4. The van der Waals surface area contributed by atoms with E-state index in [2.05, 4.69) is 22.5 Å². The number of hydrogen-bond acceptors (Lipinski definition) is 5. The molecule has 5 rings (SSSR count). The van der Waals surface area contributed by atoms with Gasteiger partial charge in [-0.15, -0.1) is 11.3 Å². The van der Waals surface area contributed by atoms with E-state index in [1.165, 1.54) is 27.1 Å². The van der Waals surface area contributed by atoms with Gasteiger partial charge in [-0.1, -0.05) is 0 Å². The Morgan fingerprint density at radius 3 is 2.96 bits per heavy atom. The summed E-state index contributed by atoms with van der Waals surface area (Å²) in [5, 5.41) is 3.30. The van der Waals surface area contributed by atoms with Crippen molar-refractivity contribution in [1.29, 1.82) is 0 Å². The van der Waals surface area contributed by atoms with Gasteiger partial charge in [-0.05, 0) is 60.9 Å². The van der Waals surface area contributed by atoms with E-state index in [4.69, 9.17) is 4.42 Å². The lowest BCUT2D eigenvalue weighted by Gasteiger charge is -2.10. The summed E-state index contributed by atoms with van der Waals surface area (Å²) in [5.74, 6) is 0.179. The summed E-state index contributed by atoms with van der Waals surface area (Å²) in [6.45, 7) is 1.71. The van der Waals surface area contributed by atoms with Crippen LogP contribution in [-0.2, 0) is 24.1 Å². The van der Waals surface area contributed by atoms with Crippen LogP contribution in [0.5, 0.6) is 0 Å². The summed E-state index contributed by atoms with van der Waals surface area (Å²) >= 11 is 1.41. The SMILES string of the molecule is Cc1nc2sccc2c(=O)n1NC(=O)Cc1coc2cc3c(cc12)CCC3. The van der Waals surface area contributed by atoms with Crippen LogP contribution < -0.4 is 11.0 Å². The van der Waals surface area contributed by atoms with Gasteiger partial charge in [0.05, 0.1) is 18.1 Å². The number of carbonyl (C=O) groups excluding carboxylic acids is 1. The number of rotatable bonds is 3. The molecule has 0 bridgehead atoms. The maximum absolute atomic E-state index is 12.6. The zero-order valence-electron chi connectivity index (χ0n) is 14.7. The highest BCUT2D eigenvalue weighted by Gasteiger charge is 2.18. The number of aryl methyl sites for hydroxylation is 3. The minimum absolute atomic E-state index is 0.138. The first-order valence-corrected chi connectivity index (χ1v) is 9.77. The molecule has 0 radical (unpaired) electrons. The van der Waals surface area contributed by atoms with E-state index in [0.717, 1.165) is 35.8 Å². The highest BCUT2D eigenvalue weighted by Crippen LogP contribution is 2.30. The van der Waals surface area contributed by atoms with Crippen molar-refractivity contribution in [3.05, 3.63) is 62.7 Å². The highest BCUT2D eigenvalue weighted by molar-refractivity contribution is 7.16. The molecule has 7 heteroatoms. The van der Waals surface area contributed by atoms with Crippen molar-refractivity contribution in [2.75, 3.05) is 5.43 Å². The van der Waals surface area contributed by atoms with Crippen LogP contribution in [0.25, 0.3) is 21.2 Å². The molecule has 0 fully saturated rings. The molecule has 0 aliphatic heterocycles. The third kappa shape index (κ3) is 2.66. The average molecular weight is 379 g/mol. The van der Waals surface area contributed by atoms with Gasteiger partial charge >= 0.3 is 0 Å². The van der Waals surface area contributed by atoms with Crippen LogP contribution in [0.4, 0.5) is 0 Å². The highest BCUT2D eigenvalue weighted by atomic mass is 32.1. The molecule has 4 aromatic rings. The number of nitrogens with one attached hydrogen (secondary N) is 1. The number of thiophene rings is 1. The molecular weight excluding hydrogens is 362 g/mol. The van der Waals surface area contributed by atoms with E-state index < -0.39 is 0 Å². The molecule has 1 aromatic carbocycles. The van der Waals surface area contributed by atoms with Crippen LogP contribution in [0.1, 0.15) is 28.9 Å². The van der Waals surface area contributed by atoms with E-state index in [0.29, 0.717) is 16.0 Å². The summed E-state index contributed by atoms with van der Waals surface area (Å²) in [5.41, 5.74) is 6.73. The third-order valence-electron chi connectivity index (χ3n) is 5.12. The lowest BCUT2D eigenvalue weighted by Crippen LogP contribution is -2.35. The second kappa shape index (κ2) is 6.06. The fourth-order valence-corrected chi connectivity index (χ4v) is 4.57. The third-order valence-corrected chi connectivity index (χ3v) is 5.93. The fourth-order valence-electron chi connectivity index (χ4n) is 3.77. The monoisotopic (exact) mass is 379 g/mol. The van der Waals surface area contributed by atoms with Gasteiger partial charge in [-0.2, -0.15) is 0 Å². The Hall–Kier alpha value is -2.93. The van der Waals surface area contributed by atoms with Crippen molar-refractivity contribution >= 4 is 38.4 Å². The summed E-state index contributed by atoms with van der Waals surface area (Å²) in [7, 11) is 0. The Labute approximate surface area is 158 Å². The van der Waals surface area contributed by atoms with E-state index in [1.54, 1.807) is 19.3 Å². The van der Waals surface area contributed by atoms with Gasteiger partial charge in [0.25, 0.3) is 5.56 Å². The van der Waals surface area contributed by atoms with Crippen LogP contribution in [0.2, 0.25) is 0 Å². The molecule has 0 saturated carbocycles.